The predicted molar refractivity (Wildman–Crippen MR) is 91.4 cm³/mol. The smallest absolute Gasteiger partial charge is 0.0393 e. The summed E-state index contributed by atoms with van der Waals surface area (Å²) in [7, 11) is 0. The quantitative estimate of drug-likeness (QED) is 0.759. The van der Waals surface area contributed by atoms with E-state index in [0.29, 0.717) is 11.8 Å². The van der Waals surface area contributed by atoms with E-state index in [2.05, 4.69) is 68.5 Å². The monoisotopic (exact) mass is 275 g/mol. The lowest BCUT2D eigenvalue weighted by atomic mass is 9.83. The van der Waals surface area contributed by atoms with Crippen LogP contribution >= 0.6 is 0 Å². The average Bonchev–Trinajstić information content (AvgIpc) is 3.01. The van der Waals surface area contributed by atoms with Gasteiger partial charge in [0.2, 0.25) is 0 Å². The summed E-state index contributed by atoms with van der Waals surface area (Å²) in [5.41, 5.74) is 12.2. The van der Waals surface area contributed by atoms with Crippen LogP contribution in [0.4, 0.5) is 5.69 Å². The van der Waals surface area contributed by atoms with Crippen LogP contribution in [0.5, 0.6) is 0 Å². The standard InChI is InChI=1S/C20H21N/c1-14(2)20-16(15-8-3-4-9-15)11-7-12-18(20)17-10-5-6-13-19(17)21/h3-15H,21H2,1-2H3. The molecule has 2 N–H and O–H groups in total. The summed E-state index contributed by atoms with van der Waals surface area (Å²) in [6.07, 6.45) is 8.75. The number of nitrogen functional groups attached to an aromatic ring is 1. The average molecular weight is 275 g/mol. The van der Waals surface area contributed by atoms with Crippen molar-refractivity contribution in [2.75, 3.05) is 5.73 Å². The topological polar surface area (TPSA) is 26.0 Å². The molecule has 106 valence electrons. The van der Waals surface area contributed by atoms with Gasteiger partial charge < -0.3 is 5.73 Å². The highest BCUT2D eigenvalue weighted by Crippen LogP contribution is 2.38. The Balaban J connectivity index is 2.22. The molecule has 0 aromatic heterocycles. The molecule has 0 fully saturated rings. The minimum atomic E-state index is 0.382. The number of rotatable bonds is 3. The summed E-state index contributed by atoms with van der Waals surface area (Å²) in [5.74, 6) is 0.838. The summed E-state index contributed by atoms with van der Waals surface area (Å²) in [6.45, 7) is 4.51. The molecule has 0 radical (unpaired) electrons. The van der Waals surface area contributed by atoms with Gasteiger partial charge in [-0.05, 0) is 28.7 Å². The van der Waals surface area contributed by atoms with Gasteiger partial charge >= 0.3 is 0 Å². The van der Waals surface area contributed by atoms with Gasteiger partial charge in [0.25, 0.3) is 0 Å². The van der Waals surface area contributed by atoms with Gasteiger partial charge in [0.05, 0.1) is 0 Å². The van der Waals surface area contributed by atoms with Crippen molar-refractivity contribution in [3.63, 3.8) is 0 Å². The number of allylic oxidation sites excluding steroid dienone is 4. The van der Waals surface area contributed by atoms with Gasteiger partial charge in [0.1, 0.15) is 0 Å². The van der Waals surface area contributed by atoms with Crippen LogP contribution in [0.15, 0.2) is 66.8 Å². The van der Waals surface area contributed by atoms with Crippen LogP contribution in [-0.4, -0.2) is 0 Å². The van der Waals surface area contributed by atoms with E-state index in [4.69, 9.17) is 5.73 Å². The Bertz CT molecular complexity index is 696. The van der Waals surface area contributed by atoms with E-state index in [0.717, 1.165) is 11.3 Å². The third-order valence-electron chi connectivity index (χ3n) is 4.08. The molecular formula is C20H21N. The maximum Gasteiger partial charge on any atom is 0.0393 e. The first-order valence-electron chi connectivity index (χ1n) is 7.51. The lowest BCUT2D eigenvalue weighted by Crippen LogP contribution is -2.03. The van der Waals surface area contributed by atoms with Crippen LogP contribution in [0, 0.1) is 0 Å². The molecule has 0 spiro atoms. The fraction of sp³-hybridized carbons (Fsp3) is 0.200. The van der Waals surface area contributed by atoms with Gasteiger partial charge in [-0.15, -0.1) is 0 Å². The molecule has 0 unspecified atom stereocenters. The van der Waals surface area contributed by atoms with Gasteiger partial charge in [-0.2, -0.15) is 0 Å². The first-order valence-corrected chi connectivity index (χ1v) is 7.51. The third kappa shape index (κ3) is 2.52. The molecule has 0 aliphatic heterocycles. The SMILES string of the molecule is CC(C)c1c(-c2ccccc2N)cccc1C1C=CC=C1. The largest absolute Gasteiger partial charge is 0.398 e. The van der Waals surface area contributed by atoms with E-state index in [1.165, 1.54) is 16.7 Å². The highest BCUT2D eigenvalue weighted by atomic mass is 14.6. The molecule has 0 amide bonds. The van der Waals surface area contributed by atoms with Crippen LogP contribution in [0.1, 0.15) is 36.8 Å². The van der Waals surface area contributed by atoms with Crippen LogP contribution in [0.2, 0.25) is 0 Å². The van der Waals surface area contributed by atoms with E-state index in [1.54, 1.807) is 0 Å². The van der Waals surface area contributed by atoms with Crippen molar-refractivity contribution in [1.29, 1.82) is 0 Å². The summed E-state index contributed by atoms with van der Waals surface area (Å²) < 4.78 is 0. The molecule has 1 aliphatic carbocycles. The number of hydrogen-bond acceptors (Lipinski definition) is 1. The molecule has 1 nitrogen and oxygen atoms in total. The summed E-state index contributed by atoms with van der Waals surface area (Å²) >= 11 is 0. The Morgan fingerprint density at radius 2 is 1.52 bits per heavy atom. The molecule has 0 atom stereocenters. The van der Waals surface area contributed by atoms with Gasteiger partial charge in [0, 0.05) is 17.2 Å². The minimum Gasteiger partial charge on any atom is -0.398 e. The zero-order chi connectivity index (χ0) is 14.8. The zero-order valence-electron chi connectivity index (χ0n) is 12.6. The second-order valence-electron chi connectivity index (χ2n) is 5.85. The fourth-order valence-corrected chi connectivity index (χ4v) is 3.13. The van der Waals surface area contributed by atoms with Crippen LogP contribution in [0.25, 0.3) is 11.1 Å². The van der Waals surface area contributed by atoms with Gasteiger partial charge in [-0.3, -0.25) is 0 Å². The predicted octanol–water partition coefficient (Wildman–Crippen LogP) is 5.27. The van der Waals surface area contributed by atoms with E-state index in [9.17, 15) is 0 Å². The Kier molecular flexibility index (Phi) is 3.66. The molecule has 0 heterocycles. The van der Waals surface area contributed by atoms with Crippen molar-refractivity contribution < 1.29 is 0 Å². The van der Waals surface area contributed by atoms with Crippen molar-refractivity contribution in [2.24, 2.45) is 0 Å². The molecule has 0 saturated carbocycles. The first kappa shape index (κ1) is 13.7. The number of benzene rings is 2. The highest BCUT2D eigenvalue weighted by Gasteiger charge is 2.19. The van der Waals surface area contributed by atoms with Gasteiger partial charge in [-0.1, -0.05) is 74.5 Å². The lowest BCUT2D eigenvalue weighted by Gasteiger charge is -2.21. The van der Waals surface area contributed by atoms with Crippen molar-refractivity contribution in [3.05, 3.63) is 77.9 Å². The molecule has 3 rings (SSSR count). The van der Waals surface area contributed by atoms with Crippen molar-refractivity contribution in [3.8, 4) is 11.1 Å². The molecule has 2 aromatic rings. The number of anilines is 1. The van der Waals surface area contributed by atoms with Crippen molar-refractivity contribution >= 4 is 5.69 Å². The van der Waals surface area contributed by atoms with Crippen LogP contribution in [-0.2, 0) is 0 Å². The summed E-state index contributed by atoms with van der Waals surface area (Å²) in [6, 6.07) is 14.7. The summed E-state index contributed by atoms with van der Waals surface area (Å²) in [5, 5.41) is 0. The fourth-order valence-electron chi connectivity index (χ4n) is 3.13. The van der Waals surface area contributed by atoms with E-state index in [-0.39, 0.29) is 0 Å². The second kappa shape index (κ2) is 5.61. The molecule has 1 heteroatoms. The minimum absolute atomic E-state index is 0.382. The molecule has 21 heavy (non-hydrogen) atoms. The molecule has 2 aromatic carbocycles. The maximum absolute atomic E-state index is 6.20. The molecule has 0 bridgehead atoms. The number of para-hydroxylation sites is 1. The first-order chi connectivity index (χ1) is 10.2. The molecular weight excluding hydrogens is 254 g/mol. The Morgan fingerprint density at radius 3 is 2.19 bits per heavy atom. The normalized spacial score (nSPS) is 14.2. The highest BCUT2D eigenvalue weighted by molar-refractivity contribution is 5.80. The Labute approximate surface area is 126 Å². The van der Waals surface area contributed by atoms with Gasteiger partial charge in [0.15, 0.2) is 0 Å². The van der Waals surface area contributed by atoms with Crippen molar-refractivity contribution in [1.82, 2.24) is 0 Å². The second-order valence-corrected chi connectivity index (χ2v) is 5.85. The summed E-state index contributed by atoms with van der Waals surface area (Å²) in [4.78, 5) is 0. The van der Waals surface area contributed by atoms with E-state index in [1.807, 2.05) is 12.1 Å². The zero-order valence-corrected chi connectivity index (χ0v) is 12.6. The molecule has 1 aliphatic rings. The third-order valence-corrected chi connectivity index (χ3v) is 4.08. The number of nitrogens with two attached hydrogens (primary N) is 1. The van der Waals surface area contributed by atoms with Crippen LogP contribution in [0.3, 0.4) is 0 Å². The van der Waals surface area contributed by atoms with E-state index < -0.39 is 0 Å². The van der Waals surface area contributed by atoms with Crippen molar-refractivity contribution in [2.45, 2.75) is 25.7 Å². The van der Waals surface area contributed by atoms with Gasteiger partial charge in [-0.25, -0.2) is 0 Å². The number of hydrogen-bond donors (Lipinski definition) is 1. The lowest BCUT2D eigenvalue weighted by molar-refractivity contribution is 0.842. The van der Waals surface area contributed by atoms with E-state index >= 15 is 0 Å². The Morgan fingerprint density at radius 1 is 0.857 bits per heavy atom. The Hall–Kier alpha value is -2.28. The van der Waals surface area contributed by atoms with Crippen LogP contribution < -0.4 is 5.73 Å². The molecule has 0 saturated heterocycles. The maximum atomic E-state index is 6.20.